The van der Waals surface area contributed by atoms with Gasteiger partial charge in [-0.2, -0.15) is 0 Å². The Labute approximate surface area is 126 Å². The minimum Gasteiger partial charge on any atom is -0.325 e. The maximum Gasteiger partial charge on any atom is 0.230 e. The highest BCUT2D eigenvalue weighted by atomic mass is 32.1. The number of nitrogens with two attached hydrogens (primary N) is 1. The molecule has 0 aliphatic heterocycles. The normalized spacial score (nSPS) is 10.7. The van der Waals surface area contributed by atoms with E-state index in [-0.39, 0.29) is 12.3 Å². The summed E-state index contributed by atoms with van der Waals surface area (Å²) in [5, 5.41) is 7.83. The fourth-order valence-corrected chi connectivity index (χ4v) is 2.89. The Morgan fingerprint density at radius 1 is 1.19 bits per heavy atom. The molecule has 0 spiro atoms. The van der Waals surface area contributed by atoms with Gasteiger partial charge in [0.2, 0.25) is 5.91 Å². The Morgan fingerprint density at radius 2 is 2.00 bits per heavy atom. The van der Waals surface area contributed by atoms with Gasteiger partial charge in [-0.1, -0.05) is 36.4 Å². The maximum atomic E-state index is 12.1. The van der Waals surface area contributed by atoms with Gasteiger partial charge in [-0.3, -0.25) is 4.79 Å². The van der Waals surface area contributed by atoms with E-state index in [1.54, 1.807) is 0 Å². The average molecular weight is 297 g/mol. The van der Waals surface area contributed by atoms with Crippen molar-refractivity contribution in [1.82, 2.24) is 4.98 Å². The second kappa shape index (κ2) is 6.03. The predicted molar refractivity (Wildman–Crippen MR) is 86.3 cm³/mol. The number of nitrogens with one attached hydrogen (secondary N) is 1. The van der Waals surface area contributed by atoms with Crippen molar-refractivity contribution in [3.8, 4) is 0 Å². The number of benzene rings is 2. The summed E-state index contributed by atoms with van der Waals surface area (Å²) in [5.41, 5.74) is 7.12. The molecule has 1 aromatic heterocycles. The number of anilines is 1. The van der Waals surface area contributed by atoms with E-state index >= 15 is 0 Å². The van der Waals surface area contributed by atoms with Crippen LogP contribution >= 0.6 is 11.3 Å². The van der Waals surface area contributed by atoms with Crippen LogP contribution in [-0.2, 0) is 17.8 Å². The summed E-state index contributed by atoms with van der Waals surface area (Å²) < 4.78 is 0. The van der Waals surface area contributed by atoms with E-state index in [9.17, 15) is 4.79 Å². The summed E-state index contributed by atoms with van der Waals surface area (Å²) in [7, 11) is 0. The second-order valence-electron chi connectivity index (χ2n) is 4.69. The number of thiazole rings is 1. The lowest BCUT2D eigenvalue weighted by atomic mass is 10.1. The zero-order valence-corrected chi connectivity index (χ0v) is 12.2. The molecule has 0 fully saturated rings. The number of amides is 1. The van der Waals surface area contributed by atoms with E-state index < -0.39 is 0 Å². The number of carbonyl (C=O) groups excluding carboxylic acids is 1. The molecule has 0 saturated carbocycles. The van der Waals surface area contributed by atoms with Crippen molar-refractivity contribution in [1.29, 1.82) is 0 Å². The molecule has 0 saturated heterocycles. The van der Waals surface area contributed by atoms with Gasteiger partial charge in [-0.15, -0.1) is 11.3 Å². The number of hydrogen-bond donors (Lipinski definition) is 2. The lowest BCUT2D eigenvalue weighted by Crippen LogP contribution is -2.15. The highest BCUT2D eigenvalue weighted by molar-refractivity contribution is 7.09. The lowest BCUT2D eigenvalue weighted by molar-refractivity contribution is -0.115. The first-order valence-electron chi connectivity index (χ1n) is 6.67. The van der Waals surface area contributed by atoms with Crippen LogP contribution in [0.3, 0.4) is 0 Å². The lowest BCUT2D eigenvalue weighted by Gasteiger charge is -2.08. The third kappa shape index (κ3) is 3.09. The van der Waals surface area contributed by atoms with Gasteiger partial charge in [0.15, 0.2) is 0 Å². The first-order valence-corrected chi connectivity index (χ1v) is 7.55. The van der Waals surface area contributed by atoms with E-state index in [4.69, 9.17) is 5.73 Å². The van der Waals surface area contributed by atoms with E-state index in [0.29, 0.717) is 6.54 Å². The van der Waals surface area contributed by atoms with Gasteiger partial charge in [-0.25, -0.2) is 4.98 Å². The quantitative estimate of drug-likeness (QED) is 0.778. The van der Waals surface area contributed by atoms with Crippen molar-refractivity contribution >= 4 is 33.7 Å². The molecule has 0 atom stereocenters. The summed E-state index contributed by atoms with van der Waals surface area (Å²) in [6.45, 7) is 0.412. The molecule has 4 nitrogen and oxygen atoms in total. The summed E-state index contributed by atoms with van der Waals surface area (Å²) in [6, 6.07) is 13.8. The first kappa shape index (κ1) is 13.7. The Morgan fingerprint density at radius 3 is 2.81 bits per heavy atom. The molecule has 0 bridgehead atoms. The number of hydrogen-bond acceptors (Lipinski definition) is 4. The molecule has 3 rings (SSSR count). The van der Waals surface area contributed by atoms with Crippen LogP contribution in [0.4, 0.5) is 5.69 Å². The number of nitrogens with zero attached hydrogens (tertiary/aromatic N) is 1. The van der Waals surface area contributed by atoms with E-state index in [0.717, 1.165) is 27.2 Å². The van der Waals surface area contributed by atoms with Crippen LogP contribution in [0.25, 0.3) is 10.8 Å². The molecule has 0 aliphatic carbocycles. The molecule has 2 aromatic carbocycles. The fourth-order valence-electron chi connectivity index (χ4n) is 2.22. The Balaban J connectivity index is 1.77. The summed E-state index contributed by atoms with van der Waals surface area (Å²) in [6.07, 6.45) is 0.264. The van der Waals surface area contributed by atoms with Gasteiger partial charge in [0.25, 0.3) is 0 Å². The molecule has 106 valence electrons. The molecular formula is C16H15N3OS. The number of fused-ring (bicyclic) bond motifs is 1. The summed E-state index contributed by atoms with van der Waals surface area (Å²) >= 11 is 1.48. The molecule has 0 radical (unpaired) electrons. The summed E-state index contributed by atoms with van der Waals surface area (Å²) in [5.74, 6) is -0.0692. The smallest absolute Gasteiger partial charge is 0.230 e. The number of aromatic nitrogens is 1. The SMILES string of the molecule is NCc1nc(CC(=O)Nc2cccc3ccccc23)cs1. The molecule has 1 heterocycles. The van der Waals surface area contributed by atoms with Crippen LogP contribution in [0.2, 0.25) is 0 Å². The van der Waals surface area contributed by atoms with Crippen molar-refractivity contribution in [3.05, 3.63) is 58.5 Å². The van der Waals surface area contributed by atoms with E-state index in [1.165, 1.54) is 11.3 Å². The van der Waals surface area contributed by atoms with E-state index in [2.05, 4.69) is 10.3 Å². The Bertz CT molecular complexity index is 777. The van der Waals surface area contributed by atoms with Crippen molar-refractivity contribution in [2.75, 3.05) is 5.32 Å². The van der Waals surface area contributed by atoms with Gasteiger partial charge in [0, 0.05) is 23.0 Å². The molecule has 3 aromatic rings. The van der Waals surface area contributed by atoms with Crippen LogP contribution in [-0.4, -0.2) is 10.9 Å². The minimum absolute atomic E-state index is 0.0692. The summed E-state index contributed by atoms with van der Waals surface area (Å²) in [4.78, 5) is 16.5. The van der Waals surface area contributed by atoms with Gasteiger partial charge in [0.1, 0.15) is 5.01 Å². The second-order valence-corrected chi connectivity index (χ2v) is 5.63. The van der Waals surface area contributed by atoms with Crippen LogP contribution in [0.5, 0.6) is 0 Å². The monoisotopic (exact) mass is 297 g/mol. The zero-order valence-electron chi connectivity index (χ0n) is 11.4. The largest absolute Gasteiger partial charge is 0.325 e. The molecule has 0 aliphatic rings. The maximum absolute atomic E-state index is 12.1. The molecule has 0 unspecified atom stereocenters. The van der Waals surface area contributed by atoms with Crippen LogP contribution in [0.15, 0.2) is 47.8 Å². The van der Waals surface area contributed by atoms with Crippen molar-refractivity contribution in [2.24, 2.45) is 5.73 Å². The molecule has 21 heavy (non-hydrogen) atoms. The molecule has 5 heteroatoms. The number of carbonyl (C=O) groups is 1. The van der Waals surface area contributed by atoms with Crippen molar-refractivity contribution < 1.29 is 4.79 Å². The van der Waals surface area contributed by atoms with E-state index in [1.807, 2.05) is 47.8 Å². The van der Waals surface area contributed by atoms with Gasteiger partial charge in [0.05, 0.1) is 12.1 Å². The third-order valence-electron chi connectivity index (χ3n) is 3.18. The highest BCUT2D eigenvalue weighted by Crippen LogP contribution is 2.23. The van der Waals surface area contributed by atoms with Gasteiger partial charge in [-0.05, 0) is 11.5 Å². The Hall–Kier alpha value is -2.24. The first-order chi connectivity index (χ1) is 10.3. The topological polar surface area (TPSA) is 68.0 Å². The molecular weight excluding hydrogens is 282 g/mol. The third-order valence-corrected chi connectivity index (χ3v) is 4.10. The highest BCUT2D eigenvalue weighted by Gasteiger charge is 2.09. The number of rotatable bonds is 4. The fraction of sp³-hybridized carbons (Fsp3) is 0.125. The minimum atomic E-state index is -0.0692. The standard InChI is InChI=1S/C16H15N3OS/c17-9-16-18-12(10-21-16)8-15(20)19-14-7-3-5-11-4-1-2-6-13(11)14/h1-7,10H,8-9,17H2,(H,19,20). The molecule has 1 amide bonds. The Kier molecular flexibility index (Phi) is 3.94. The van der Waals surface area contributed by atoms with Crippen LogP contribution in [0, 0.1) is 0 Å². The van der Waals surface area contributed by atoms with Crippen LogP contribution < -0.4 is 11.1 Å². The van der Waals surface area contributed by atoms with Gasteiger partial charge < -0.3 is 11.1 Å². The predicted octanol–water partition coefficient (Wildman–Crippen LogP) is 2.94. The van der Waals surface area contributed by atoms with Crippen LogP contribution in [0.1, 0.15) is 10.7 Å². The average Bonchev–Trinajstić information content (AvgIpc) is 2.95. The molecule has 3 N–H and O–H groups in total. The zero-order chi connectivity index (χ0) is 14.7. The van der Waals surface area contributed by atoms with Gasteiger partial charge >= 0.3 is 0 Å². The van der Waals surface area contributed by atoms with Crippen molar-refractivity contribution in [2.45, 2.75) is 13.0 Å². The van der Waals surface area contributed by atoms with Crippen molar-refractivity contribution in [3.63, 3.8) is 0 Å².